The second-order valence-corrected chi connectivity index (χ2v) is 4.89. The molecule has 2 aromatic carbocycles. The topological polar surface area (TPSA) is 35.5 Å². The van der Waals surface area contributed by atoms with Gasteiger partial charge in [0.05, 0.1) is 6.61 Å². The van der Waals surface area contributed by atoms with E-state index in [1.807, 2.05) is 55.5 Å². The number of hydrogen-bond acceptors (Lipinski definition) is 3. The Hall–Kier alpha value is -1.70. The predicted molar refractivity (Wildman–Crippen MR) is 73.4 cm³/mol. The van der Waals surface area contributed by atoms with E-state index in [4.69, 9.17) is 12.9 Å². The van der Waals surface area contributed by atoms with Crippen molar-refractivity contribution in [3.8, 4) is 0 Å². The highest BCUT2D eigenvalue weighted by atomic mass is 31.1. The summed E-state index contributed by atoms with van der Waals surface area (Å²) in [4.78, 5) is 0. The molecule has 0 spiro atoms. The molecule has 0 aliphatic rings. The Morgan fingerprint density at radius 3 is 1.89 bits per heavy atom. The summed E-state index contributed by atoms with van der Waals surface area (Å²) in [5.41, 5.74) is 1.61. The fraction of sp³-hybridized carbons (Fsp3) is 0.143. The first-order valence-electron chi connectivity index (χ1n) is 5.86. The molecule has 92 valence electrons. The first-order valence-corrected chi connectivity index (χ1v) is 6.95. The summed E-state index contributed by atoms with van der Waals surface area (Å²) in [5.74, 6) is 0. The molecule has 0 amide bonds. The van der Waals surface area contributed by atoms with E-state index in [1.165, 1.54) is 0 Å². The van der Waals surface area contributed by atoms with Crippen molar-refractivity contribution in [2.45, 2.75) is 6.92 Å². The van der Waals surface area contributed by atoms with E-state index in [0.29, 0.717) is 6.61 Å². The average molecular weight is 260 g/mol. The molecule has 0 fully saturated rings. The maximum absolute atomic E-state index is 5.80. The second-order valence-electron chi connectivity index (χ2n) is 3.82. The van der Waals surface area contributed by atoms with Gasteiger partial charge in [-0.25, -0.2) is 0 Å². The maximum Gasteiger partial charge on any atom is 0.387 e. The van der Waals surface area contributed by atoms with Crippen LogP contribution in [0.4, 0.5) is 0 Å². The van der Waals surface area contributed by atoms with E-state index in [2.05, 4.69) is 0 Å². The molecule has 3 aromatic rings. The summed E-state index contributed by atoms with van der Waals surface area (Å²) >= 11 is 0. The van der Waals surface area contributed by atoms with E-state index in [9.17, 15) is 0 Å². The average Bonchev–Trinajstić information content (AvgIpc) is 2.55. The number of benzene rings is 2. The lowest BCUT2D eigenvalue weighted by Gasteiger charge is -1.94. The van der Waals surface area contributed by atoms with Gasteiger partial charge < -0.3 is 8.39 Å². The van der Waals surface area contributed by atoms with Gasteiger partial charge in [-0.3, -0.25) is 4.52 Å². The molecular formula is C14H13O3P. The van der Waals surface area contributed by atoms with Gasteiger partial charge in [-0.15, -0.1) is 0 Å². The Kier molecular flexibility index (Phi) is 3.09. The van der Waals surface area contributed by atoms with Gasteiger partial charge in [0.2, 0.25) is 0 Å². The third-order valence-corrected chi connectivity index (χ3v) is 3.81. The van der Waals surface area contributed by atoms with Crippen molar-refractivity contribution in [3.63, 3.8) is 0 Å². The Balaban J connectivity index is 2.48. The van der Waals surface area contributed by atoms with Crippen LogP contribution in [0.15, 0.2) is 56.9 Å². The van der Waals surface area contributed by atoms with Gasteiger partial charge in [0.1, 0.15) is 11.2 Å². The van der Waals surface area contributed by atoms with Crippen molar-refractivity contribution in [2.24, 2.45) is 0 Å². The highest BCUT2D eigenvalue weighted by molar-refractivity contribution is 7.31. The van der Waals surface area contributed by atoms with Crippen molar-refractivity contribution >= 4 is 30.2 Å². The van der Waals surface area contributed by atoms with E-state index in [0.717, 1.165) is 21.9 Å². The molecule has 0 aliphatic heterocycles. The molecule has 18 heavy (non-hydrogen) atoms. The highest BCUT2D eigenvalue weighted by Crippen LogP contribution is 2.33. The molecule has 0 aliphatic carbocycles. The number of rotatable bonds is 2. The molecule has 1 heterocycles. The molecule has 0 radical (unpaired) electrons. The molecule has 0 N–H and O–H groups in total. The number of para-hydroxylation sites is 2. The van der Waals surface area contributed by atoms with Gasteiger partial charge in [-0.2, -0.15) is 0 Å². The lowest BCUT2D eigenvalue weighted by molar-refractivity contribution is 0.394. The SMILES string of the molecule is CCOp1oc2ccccc2c2ccccc2o1. The van der Waals surface area contributed by atoms with Crippen LogP contribution in [0.3, 0.4) is 0 Å². The molecule has 0 saturated carbocycles. The van der Waals surface area contributed by atoms with Crippen LogP contribution in [0, 0.1) is 0 Å². The Morgan fingerprint density at radius 2 is 1.39 bits per heavy atom. The van der Waals surface area contributed by atoms with Crippen molar-refractivity contribution < 1.29 is 12.9 Å². The fourth-order valence-corrected chi connectivity index (χ4v) is 2.87. The van der Waals surface area contributed by atoms with Crippen molar-refractivity contribution in [2.75, 3.05) is 6.61 Å². The van der Waals surface area contributed by atoms with Crippen LogP contribution in [0.2, 0.25) is 0 Å². The summed E-state index contributed by atoms with van der Waals surface area (Å²) in [6, 6.07) is 15.8. The van der Waals surface area contributed by atoms with Crippen molar-refractivity contribution in [3.05, 3.63) is 48.5 Å². The van der Waals surface area contributed by atoms with E-state index in [-0.39, 0.29) is 0 Å². The molecule has 0 saturated heterocycles. The van der Waals surface area contributed by atoms with Crippen LogP contribution in [0.5, 0.6) is 0 Å². The molecule has 0 unspecified atom stereocenters. The summed E-state index contributed by atoms with van der Waals surface area (Å²) in [7, 11) is -1.37. The zero-order valence-electron chi connectivity index (χ0n) is 10.00. The van der Waals surface area contributed by atoms with Crippen molar-refractivity contribution in [1.29, 1.82) is 0 Å². The van der Waals surface area contributed by atoms with E-state index in [1.54, 1.807) is 0 Å². The van der Waals surface area contributed by atoms with Crippen LogP contribution in [0.1, 0.15) is 6.92 Å². The number of fused-ring (bicyclic) bond motifs is 3. The molecule has 3 rings (SSSR count). The number of hydrogen-bond donors (Lipinski definition) is 0. The molecule has 0 bridgehead atoms. The highest BCUT2D eigenvalue weighted by Gasteiger charge is 2.05. The van der Waals surface area contributed by atoms with Gasteiger partial charge in [-0.05, 0) is 19.1 Å². The largest absolute Gasteiger partial charge is 0.399 e. The smallest absolute Gasteiger partial charge is 0.387 e. The van der Waals surface area contributed by atoms with Crippen LogP contribution >= 0.6 is 8.24 Å². The van der Waals surface area contributed by atoms with Crippen molar-refractivity contribution in [1.82, 2.24) is 0 Å². The van der Waals surface area contributed by atoms with Gasteiger partial charge >= 0.3 is 8.24 Å². The quantitative estimate of drug-likeness (QED) is 0.667. The Labute approximate surface area is 106 Å². The summed E-state index contributed by atoms with van der Waals surface area (Å²) in [6.07, 6.45) is 0. The third kappa shape index (κ3) is 2.03. The first kappa shape index (κ1) is 11.4. The van der Waals surface area contributed by atoms with Crippen LogP contribution in [-0.2, 0) is 0 Å². The normalized spacial score (nSPS) is 10.9. The predicted octanol–water partition coefficient (Wildman–Crippen LogP) is 4.74. The third-order valence-electron chi connectivity index (χ3n) is 2.64. The minimum Gasteiger partial charge on any atom is -0.399 e. The van der Waals surface area contributed by atoms with Gasteiger partial charge in [0.15, 0.2) is 0 Å². The Bertz CT molecular complexity index is 660. The minimum atomic E-state index is -1.37. The van der Waals surface area contributed by atoms with E-state index >= 15 is 0 Å². The standard InChI is InChI=1S/C14H13O3P/c1-2-15-18-16-13-9-5-3-7-11(13)12-8-4-6-10-14(12)17-18/h3-10H,2H2,1H3. The van der Waals surface area contributed by atoms with Crippen LogP contribution in [0.25, 0.3) is 21.9 Å². The Morgan fingerprint density at radius 1 is 0.889 bits per heavy atom. The lowest BCUT2D eigenvalue weighted by atomic mass is 10.1. The zero-order chi connectivity index (χ0) is 12.4. The second kappa shape index (κ2) is 4.89. The van der Waals surface area contributed by atoms with Gasteiger partial charge in [0, 0.05) is 10.8 Å². The minimum absolute atomic E-state index is 0.566. The van der Waals surface area contributed by atoms with E-state index < -0.39 is 8.24 Å². The molecule has 3 nitrogen and oxygen atoms in total. The maximum atomic E-state index is 5.80. The first-order chi connectivity index (χ1) is 8.88. The molecule has 1 aromatic heterocycles. The molecular weight excluding hydrogens is 247 g/mol. The van der Waals surface area contributed by atoms with Crippen LogP contribution in [-0.4, -0.2) is 6.61 Å². The summed E-state index contributed by atoms with van der Waals surface area (Å²) < 4.78 is 17.1. The lowest BCUT2D eigenvalue weighted by Crippen LogP contribution is -1.84. The summed E-state index contributed by atoms with van der Waals surface area (Å²) in [6.45, 7) is 2.49. The summed E-state index contributed by atoms with van der Waals surface area (Å²) in [5, 5.41) is 2.08. The fourth-order valence-electron chi connectivity index (χ4n) is 1.87. The molecule has 4 heteroatoms. The van der Waals surface area contributed by atoms with Crippen LogP contribution < -0.4 is 4.52 Å². The van der Waals surface area contributed by atoms with Gasteiger partial charge in [0.25, 0.3) is 0 Å². The zero-order valence-corrected chi connectivity index (χ0v) is 10.9. The monoisotopic (exact) mass is 260 g/mol. The molecule has 0 atom stereocenters. The van der Waals surface area contributed by atoms with Gasteiger partial charge in [-0.1, -0.05) is 36.4 Å².